The number of carbonyl (C=O) groups excluding carboxylic acids is 1. The Bertz CT molecular complexity index is 1500. The first-order chi connectivity index (χ1) is 16.6. The Morgan fingerprint density at radius 3 is 2.62 bits per heavy atom. The predicted octanol–water partition coefficient (Wildman–Crippen LogP) is 3.79. The molecule has 8 nitrogen and oxygen atoms in total. The van der Waals surface area contributed by atoms with Gasteiger partial charge in [0, 0.05) is 55.6 Å². The number of aromatic nitrogens is 5. The lowest BCUT2D eigenvalue weighted by Crippen LogP contribution is -2.48. The fourth-order valence-corrected chi connectivity index (χ4v) is 5.73. The van der Waals surface area contributed by atoms with Crippen LogP contribution in [-0.4, -0.2) is 61.6 Å². The number of nitrogens with zero attached hydrogens (tertiary/aromatic N) is 7. The van der Waals surface area contributed by atoms with Gasteiger partial charge in [-0.1, -0.05) is 23.5 Å². The molecular formula is C25H25N7OS. The summed E-state index contributed by atoms with van der Waals surface area (Å²) in [7, 11) is 0. The van der Waals surface area contributed by atoms with Gasteiger partial charge in [-0.25, -0.2) is 19.5 Å². The SMILES string of the molecule is Cc1nc2c3ccccc3nn2c(C)c1CCC(=O)N1CCN(c2nc3cccnc3s2)CC1. The lowest BCUT2D eigenvalue weighted by atomic mass is 10.1. The van der Waals surface area contributed by atoms with Crippen molar-refractivity contribution in [2.24, 2.45) is 0 Å². The zero-order chi connectivity index (χ0) is 23.2. The van der Waals surface area contributed by atoms with Crippen molar-refractivity contribution >= 4 is 49.3 Å². The number of hydrogen-bond donors (Lipinski definition) is 0. The first kappa shape index (κ1) is 21.0. The third kappa shape index (κ3) is 3.56. The molecule has 0 N–H and O–H groups in total. The van der Waals surface area contributed by atoms with E-state index in [1.807, 2.05) is 46.7 Å². The average molecular weight is 472 g/mol. The molecule has 4 aromatic heterocycles. The molecule has 34 heavy (non-hydrogen) atoms. The van der Waals surface area contributed by atoms with E-state index in [4.69, 9.17) is 15.1 Å². The Morgan fingerprint density at radius 2 is 1.79 bits per heavy atom. The summed E-state index contributed by atoms with van der Waals surface area (Å²) in [5.41, 5.74) is 5.88. The maximum atomic E-state index is 13.0. The summed E-state index contributed by atoms with van der Waals surface area (Å²) >= 11 is 1.61. The highest BCUT2D eigenvalue weighted by Crippen LogP contribution is 2.28. The Hall–Kier alpha value is -3.59. The molecule has 1 aliphatic heterocycles. The molecule has 0 saturated carbocycles. The summed E-state index contributed by atoms with van der Waals surface area (Å²) in [6, 6.07) is 12.0. The van der Waals surface area contributed by atoms with Gasteiger partial charge in [-0.3, -0.25) is 4.79 Å². The number of anilines is 1. The second-order valence-corrected chi connectivity index (χ2v) is 9.66. The number of thiazole rings is 1. The van der Waals surface area contributed by atoms with Crippen LogP contribution in [0, 0.1) is 13.8 Å². The first-order valence-electron chi connectivity index (χ1n) is 11.6. The van der Waals surface area contributed by atoms with E-state index < -0.39 is 0 Å². The van der Waals surface area contributed by atoms with Crippen LogP contribution in [0.5, 0.6) is 0 Å². The van der Waals surface area contributed by atoms with Crippen LogP contribution < -0.4 is 4.90 Å². The van der Waals surface area contributed by atoms with Crippen molar-refractivity contribution in [3.63, 3.8) is 0 Å². The molecule has 6 rings (SSSR count). The largest absolute Gasteiger partial charge is 0.344 e. The van der Waals surface area contributed by atoms with E-state index in [0.717, 1.165) is 62.1 Å². The summed E-state index contributed by atoms with van der Waals surface area (Å²) in [6.45, 7) is 7.09. The smallest absolute Gasteiger partial charge is 0.223 e. The fourth-order valence-electron chi connectivity index (χ4n) is 4.77. The second kappa shape index (κ2) is 8.32. The predicted molar refractivity (Wildman–Crippen MR) is 134 cm³/mol. The van der Waals surface area contributed by atoms with Gasteiger partial charge in [-0.05, 0) is 50.1 Å². The lowest BCUT2D eigenvalue weighted by molar-refractivity contribution is -0.131. The van der Waals surface area contributed by atoms with Gasteiger partial charge in [0.2, 0.25) is 5.91 Å². The third-order valence-electron chi connectivity index (χ3n) is 6.66. The minimum atomic E-state index is 0.190. The van der Waals surface area contributed by atoms with Crippen molar-refractivity contribution in [2.75, 3.05) is 31.1 Å². The molecule has 0 bridgehead atoms. The van der Waals surface area contributed by atoms with Crippen LogP contribution in [0.15, 0.2) is 42.6 Å². The Labute approximate surface area is 200 Å². The standard InChI is InChI=1S/C25H25N7OS/c1-16-18(17(2)32-23(27-16)19-6-3-4-7-20(19)29-32)9-10-22(33)30-12-14-31(15-13-30)25-28-21-8-5-11-26-24(21)34-25/h3-8,11H,9-10,12-15H2,1-2H3. The molecule has 172 valence electrons. The molecule has 1 aliphatic rings. The molecule has 0 radical (unpaired) electrons. The molecule has 0 aliphatic carbocycles. The maximum Gasteiger partial charge on any atom is 0.223 e. The van der Waals surface area contributed by atoms with Crippen molar-refractivity contribution < 1.29 is 4.79 Å². The molecule has 1 fully saturated rings. The minimum absolute atomic E-state index is 0.190. The molecule has 0 atom stereocenters. The number of carbonyl (C=O) groups is 1. The Kier molecular flexibility index (Phi) is 5.13. The number of benzene rings is 1. The number of aryl methyl sites for hydroxylation is 2. The topological polar surface area (TPSA) is 79.5 Å². The zero-order valence-electron chi connectivity index (χ0n) is 19.2. The van der Waals surface area contributed by atoms with E-state index in [1.165, 1.54) is 0 Å². The average Bonchev–Trinajstić information content (AvgIpc) is 3.46. The number of fused-ring (bicyclic) bond motifs is 4. The van der Waals surface area contributed by atoms with E-state index in [0.29, 0.717) is 25.9 Å². The van der Waals surface area contributed by atoms with Crippen molar-refractivity contribution in [2.45, 2.75) is 26.7 Å². The summed E-state index contributed by atoms with van der Waals surface area (Å²) < 4.78 is 1.92. The number of rotatable bonds is 4. The number of pyridine rings is 1. The van der Waals surface area contributed by atoms with Crippen LogP contribution in [0.4, 0.5) is 5.13 Å². The molecule has 1 aromatic carbocycles. The molecule has 1 amide bonds. The second-order valence-electron chi connectivity index (χ2n) is 8.71. The van der Waals surface area contributed by atoms with Gasteiger partial charge in [0.1, 0.15) is 10.3 Å². The highest BCUT2D eigenvalue weighted by atomic mass is 32.1. The summed E-state index contributed by atoms with van der Waals surface area (Å²) in [6.07, 6.45) is 2.94. The highest BCUT2D eigenvalue weighted by Gasteiger charge is 2.24. The summed E-state index contributed by atoms with van der Waals surface area (Å²) in [5.74, 6) is 0.190. The van der Waals surface area contributed by atoms with E-state index in [9.17, 15) is 4.79 Å². The van der Waals surface area contributed by atoms with Crippen LogP contribution in [0.1, 0.15) is 23.4 Å². The maximum absolute atomic E-state index is 13.0. The van der Waals surface area contributed by atoms with E-state index >= 15 is 0 Å². The van der Waals surface area contributed by atoms with Gasteiger partial charge in [-0.15, -0.1) is 0 Å². The molecule has 0 unspecified atom stereocenters. The zero-order valence-corrected chi connectivity index (χ0v) is 20.0. The van der Waals surface area contributed by atoms with E-state index in [1.54, 1.807) is 17.5 Å². The normalized spacial score (nSPS) is 14.5. The minimum Gasteiger partial charge on any atom is -0.344 e. The van der Waals surface area contributed by atoms with Gasteiger partial charge >= 0.3 is 0 Å². The van der Waals surface area contributed by atoms with Crippen molar-refractivity contribution in [1.82, 2.24) is 29.5 Å². The lowest BCUT2D eigenvalue weighted by Gasteiger charge is -2.34. The third-order valence-corrected chi connectivity index (χ3v) is 7.70. The molecule has 0 spiro atoms. The van der Waals surface area contributed by atoms with Crippen molar-refractivity contribution in [3.05, 3.63) is 59.5 Å². The Balaban J connectivity index is 1.13. The highest BCUT2D eigenvalue weighted by molar-refractivity contribution is 7.21. The number of hydrogen-bond acceptors (Lipinski definition) is 7. The number of piperazine rings is 1. The first-order valence-corrected chi connectivity index (χ1v) is 12.4. The quantitative estimate of drug-likeness (QED) is 0.397. The fraction of sp³-hybridized carbons (Fsp3) is 0.320. The summed E-state index contributed by atoms with van der Waals surface area (Å²) in [4.78, 5) is 32.1. The molecule has 9 heteroatoms. The van der Waals surface area contributed by atoms with Crippen molar-refractivity contribution in [3.8, 4) is 0 Å². The van der Waals surface area contributed by atoms with Gasteiger partial charge in [0.05, 0.1) is 5.52 Å². The van der Waals surface area contributed by atoms with Crippen LogP contribution in [0.25, 0.3) is 26.9 Å². The molecular weight excluding hydrogens is 446 g/mol. The van der Waals surface area contributed by atoms with Crippen LogP contribution in [-0.2, 0) is 11.2 Å². The molecule has 5 aromatic rings. The van der Waals surface area contributed by atoms with E-state index in [2.05, 4.69) is 22.9 Å². The van der Waals surface area contributed by atoms with Crippen LogP contribution in [0.2, 0.25) is 0 Å². The monoisotopic (exact) mass is 471 g/mol. The molecule has 5 heterocycles. The van der Waals surface area contributed by atoms with Crippen molar-refractivity contribution in [1.29, 1.82) is 0 Å². The van der Waals surface area contributed by atoms with Gasteiger partial charge < -0.3 is 9.80 Å². The van der Waals surface area contributed by atoms with Crippen LogP contribution >= 0.6 is 11.3 Å². The Morgan fingerprint density at radius 1 is 1.00 bits per heavy atom. The van der Waals surface area contributed by atoms with Gasteiger partial charge in [-0.2, -0.15) is 5.10 Å². The van der Waals surface area contributed by atoms with Gasteiger partial charge in [0.15, 0.2) is 10.8 Å². The van der Waals surface area contributed by atoms with E-state index in [-0.39, 0.29) is 5.91 Å². The number of amides is 1. The molecule has 1 saturated heterocycles. The van der Waals surface area contributed by atoms with Crippen LogP contribution in [0.3, 0.4) is 0 Å². The van der Waals surface area contributed by atoms with Gasteiger partial charge in [0.25, 0.3) is 0 Å². The summed E-state index contributed by atoms with van der Waals surface area (Å²) in [5, 5.41) is 6.77.